The van der Waals surface area contributed by atoms with E-state index in [4.69, 9.17) is 0 Å². The first-order valence-electron chi connectivity index (χ1n) is 6.19. The molecule has 0 saturated carbocycles. The summed E-state index contributed by atoms with van der Waals surface area (Å²) in [7, 11) is 0. The van der Waals surface area contributed by atoms with Gasteiger partial charge in [0.2, 0.25) is 0 Å². The smallest absolute Gasteiger partial charge is 0.0901 e. The molecule has 1 aromatic carbocycles. The molecule has 0 aliphatic carbocycles. The standard InChI is InChI=1S/C13H15NS.C2H6/c1-9(2)11-4-6-12(7-5-11)13-8-15-10(3)14-13;1-2/h4-9H,1-3H3;1-2H3. The van der Waals surface area contributed by atoms with Gasteiger partial charge in [0.1, 0.15) is 0 Å². The summed E-state index contributed by atoms with van der Waals surface area (Å²) in [5.41, 5.74) is 3.68. The highest BCUT2D eigenvalue weighted by atomic mass is 32.1. The Labute approximate surface area is 109 Å². The summed E-state index contributed by atoms with van der Waals surface area (Å²) in [5, 5.41) is 3.23. The lowest BCUT2D eigenvalue weighted by molar-refractivity contribution is 0.867. The molecule has 0 fully saturated rings. The molecule has 1 nitrogen and oxygen atoms in total. The minimum atomic E-state index is 0.594. The molecule has 2 aromatic rings. The Bertz CT molecular complexity index is 440. The van der Waals surface area contributed by atoms with Crippen molar-refractivity contribution in [3.63, 3.8) is 0 Å². The van der Waals surface area contributed by atoms with Crippen molar-refractivity contribution in [2.24, 2.45) is 0 Å². The Hall–Kier alpha value is -1.15. The van der Waals surface area contributed by atoms with Gasteiger partial charge in [-0.1, -0.05) is 52.0 Å². The van der Waals surface area contributed by atoms with Gasteiger partial charge in [-0.15, -0.1) is 11.3 Å². The predicted octanol–water partition coefficient (Wildman–Crippen LogP) is 5.27. The predicted molar refractivity (Wildman–Crippen MR) is 77.7 cm³/mol. The van der Waals surface area contributed by atoms with Gasteiger partial charge in [0.15, 0.2) is 0 Å². The van der Waals surface area contributed by atoms with Crippen LogP contribution in [-0.4, -0.2) is 4.98 Å². The molecule has 0 atom stereocenters. The van der Waals surface area contributed by atoms with Crippen LogP contribution in [0, 0.1) is 6.92 Å². The zero-order valence-electron chi connectivity index (χ0n) is 11.3. The molecule has 1 heterocycles. The second kappa shape index (κ2) is 6.55. The molecule has 2 heteroatoms. The van der Waals surface area contributed by atoms with Gasteiger partial charge in [-0.25, -0.2) is 4.98 Å². The molecule has 0 radical (unpaired) electrons. The van der Waals surface area contributed by atoms with Crippen LogP contribution in [0.15, 0.2) is 29.6 Å². The van der Waals surface area contributed by atoms with Gasteiger partial charge < -0.3 is 0 Å². The van der Waals surface area contributed by atoms with Crippen LogP contribution in [0.2, 0.25) is 0 Å². The van der Waals surface area contributed by atoms with Crippen LogP contribution < -0.4 is 0 Å². The van der Waals surface area contributed by atoms with E-state index in [2.05, 4.69) is 48.5 Å². The van der Waals surface area contributed by atoms with Crippen molar-refractivity contribution in [3.8, 4) is 11.3 Å². The third kappa shape index (κ3) is 3.67. The lowest BCUT2D eigenvalue weighted by Crippen LogP contribution is -1.86. The molecule has 0 bridgehead atoms. The third-order valence-corrected chi connectivity index (χ3v) is 3.27. The summed E-state index contributed by atoms with van der Waals surface area (Å²) in [6, 6.07) is 8.69. The quantitative estimate of drug-likeness (QED) is 0.704. The summed E-state index contributed by atoms with van der Waals surface area (Å²) in [6.07, 6.45) is 0. The maximum absolute atomic E-state index is 4.47. The normalized spacial score (nSPS) is 10.0. The Kier molecular flexibility index (Phi) is 5.36. The maximum atomic E-state index is 4.47. The molecule has 0 aliphatic heterocycles. The Balaban J connectivity index is 0.000000686. The first-order valence-corrected chi connectivity index (χ1v) is 7.07. The van der Waals surface area contributed by atoms with Crippen molar-refractivity contribution in [2.75, 3.05) is 0 Å². The van der Waals surface area contributed by atoms with E-state index in [1.54, 1.807) is 11.3 Å². The first-order chi connectivity index (χ1) is 8.16. The number of nitrogens with zero attached hydrogens (tertiary/aromatic N) is 1. The van der Waals surface area contributed by atoms with Crippen LogP contribution in [0.25, 0.3) is 11.3 Å². The Morgan fingerprint density at radius 1 is 1.06 bits per heavy atom. The summed E-state index contributed by atoms with van der Waals surface area (Å²) in [4.78, 5) is 4.47. The van der Waals surface area contributed by atoms with E-state index >= 15 is 0 Å². The van der Waals surface area contributed by atoms with Gasteiger partial charge >= 0.3 is 0 Å². The summed E-state index contributed by atoms with van der Waals surface area (Å²) < 4.78 is 0. The van der Waals surface area contributed by atoms with Crippen molar-refractivity contribution in [2.45, 2.75) is 40.5 Å². The zero-order chi connectivity index (χ0) is 12.8. The van der Waals surface area contributed by atoms with Crippen LogP contribution in [0.4, 0.5) is 0 Å². The van der Waals surface area contributed by atoms with Crippen molar-refractivity contribution in [1.29, 1.82) is 0 Å². The summed E-state index contributed by atoms with van der Waals surface area (Å²) in [5.74, 6) is 0.594. The van der Waals surface area contributed by atoms with Crippen LogP contribution >= 0.6 is 11.3 Å². The fourth-order valence-electron chi connectivity index (χ4n) is 1.53. The number of thiazole rings is 1. The van der Waals surface area contributed by atoms with Crippen LogP contribution in [0.1, 0.15) is 44.2 Å². The van der Waals surface area contributed by atoms with Gasteiger partial charge in [-0.3, -0.25) is 0 Å². The van der Waals surface area contributed by atoms with E-state index in [0.29, 0.717) is 5.92 Å². The van der Waals surface area contributed by atoms with Crippen LogP contribution in [0.5, 0.6) is 0 Å². The van der Waals surface area contributed by atoms with Gasteiger partial charge in [-0.2, -0.15) is 0 Å². The summed E-state index contributed by atoms with van der Waals surface area (Å²) >= 11 is 1.70. The van der Waals surface area contributed by atoms with Crippen LogP contribution in [0.3, 0.4) is 0 Å². The van der Waals surface area contributed by atoms with Gasteiger partial charge in [-0.05, 0) is 18.4 Å². The fraction of sp³-hybridized carbons (Fsp3) is 0.400. The minimum absolute atomic E-state index is 0.594. The molecule has 17 heavy (non-hydrogen) atoms. The average molecular weight is 247 g/mol. The first kappa shape index (κ1) is 13.9. The van der Waals surface area contributed by atoms with Gasteiger partial charge in [0.05, 0.1) is 10.7 Å². The highest BCUT2D eigenvalue weighted by molar-refractivity contribution is 7.09. The molecule has 0 saturated heterocycles. The highest BCUT2D eigenvalue weighted by Gasteiger charge is 2.03. The molecule has 0 N–H and O–H groups in total. The monoisotopic (exact) mass is 247 g/mol. The van der Waals surface area contributed by atoms with Crippen molar-refractivity contribution < 1.29 is 0 Å². The maximum Gasteiger partial charge on any atom is 0.0901 e. The SMILES string of the molecule is CC.Cc1nc(-c2ccc(C(C)C)cc2)cs1. The average Bonchev–Trinajstić information content (AvgIpc) is 2.79. The molecule has 0 spiro atoms. The lowest BCUT2D eigenvalue weighted by atomic mass is 10.0. The van der Waals surface area contributed by atoms with Crippen molar-refractivity contribution in [1.82, 2.24) is 4.98 Å². The van der Waals surface area contributed by atoms with E-state index in [1.165, 1.54) is 11.1 Å². The van der Waals surface area contributed by atoms with E-state index in [-0.39, 0.29) is 0 Å². The summed E-state index contributed by atoms with van der Waals surface area (Å²) in [6.45, 7) is 10.5. The molecule has 0 aliphatic rings. The number of hydrogen-bond donors (Lipinski definition) is 0. The van der Waals surface area contributed by atoms with Gasteiger partial charge in [0, 0.05) is 10.9 Å². The zero-order valence-corrected chi connectivity index (χ0v) is 12.1. The largest absolute Gasteiger partial charge is 0.242 e. The number of benzene rings is 1. The fourth-order valence-corrected chi connectivity index (χ4v) is 2.16. The molecule has 92 valence electrons. The van der Waals surface area contributed by atoms with Crippen molar-refractivity contribution >= 4 is 11.3 Å². The third-order valence-electron chi connectivity index (χ3n) is 2.49. The van der Waals surface area contributed by atoms with E-state index in [0.717, 1.165) is 10.7 Å². The van der Waals surface area contributed by atoms with E-state index in [9.17, 15) is 0 Å². The van der Waals surface area contributed by atoms with Gasteiger partial charge in [0.25, 0.3) is 0 Å². The lowest BCUT2D eigenvalue weighted by Gasteiger charge is -2.05. The number of rotatable bonds is 2. The Morgan fingerprint density at radius 3 is 2.06 bits per heavy atom. The second-order valence-electron chi connectivity index (χ2n) is 4.03. The number of hydrogen-bond acceptors (Lipinski definition) is 2. The van der Waals surface area contributed by atoms with Crippen molar-refractivity contribution in [3.05, 3.63) is 40.2 Å². The van der Waals surface area contributed by atoms with E-state index < -0.39 is 0 Å². The highest BCUT2D eigenvalue weighted by Crippen LogP contribution is 2.23. The molecule has 0 unspecified atom stereocenters. The number of aromatic nitrogens is 1. The molecule has 0 amide bonds. The Morgan fingerprint density at radius 2 is 1.65 bits per heavy atom. The molecular weight excluding hydrogens is 226 g/mol. The second-order valence-corrected chi connectivity index (χ2v) is 5.09. The topological polar surface area (TPSA) is 12.9 Å². The molecule has 2 rings (SSSR count). The number of aryl methyl sites for hydroxylation is 1. The minimum Gasteiger partial charge on any atom is -0.242 e. The van der Waals surface area contributed by atoms with E-state index in [1.807, 2.05) is 20.8 Å². The van der Waals surface area contributed by atoms with Crippen LogP contribution in [-0.2, 0) is 0 Å². The molecule has 1 aromatic heterocycles. The molecular formula is C15H21NS.